The number of halogens is 2. The average molecular weight is 432 g/mol. The number of carbonyl (C=O) groups excluding carboxylic acids is 1. The maximum atomic E-state index is 14.6. The highest BCUT2D eigenvalue weighted by Gasteiger charge is 2.30. The van der Waals surface area contributed by atoms with Gasteiger partial charge in [0.1, 0.15) is 11.5 Å². The first-order chi connectivity index (χ1) is 14.2. The van der Waals surface area contributed by atoms with E-state index in [1.807, 2.05) is 0 Å². The fourth-order valence-electron chi connectivity index (χ4n) is 4.39. The number of nitrogens with two attached hydrogens (primary N) is 1. The van der Waals surface area contributed by atoms with E-state index in [-0.39, 0.29) is 11.3 Å². The van der Waals surface area contributed by atoms with Gasteiger partial charge in [0.05, 0.1) is 17.9 Å². The Kier molecular flexibility index (Phi) is 5.84. The lowest BCUT2D eigenvalue weighted by atomic mass is 9.89. The molecule has 5 nitrogen and oxygen atoms in total. The summed E-state index contributed by atoms with van der Waals surface area (Å²) in [7, 11) is 0. The topological polar surface area (TPSA) is 68.5 Å². The zero-order chi connectivity index (χ0) is 21.5. The molecule has 30 heavy (non-hydrogen) atoms. The molecule has 1 atom stereocenters. The third-order valence-corrected chi connectivity index (χ3v) is 6.35. The molecule has 3 heterocycles. The van der Waals surface area contributed by atoms with E-state index in [1.54, 1.807) is 18.2 Å². The monoisotopic (exact) mass is 431 g/mol. The third kappa shape index (κ3) is 4.51. The summed E-state index contributed by atoms with van der Waals surface area (Å²) in [6.45, 7) is 7.40. The van der Waals surface area contributed by atoms with Gasteiger partial charge in [0.15, 0.2) is 0 Å². The van der Waals surface area contributed by atoms with E-state index in [2.05, 4.69) is 23.7 Å². The summed E-state index contributed by atoms with van der Waals surface area (Å²) in [4.78, 5) is 18.7. The Labute approximate surface area is 181 Å². The first-order valence-corrected chi connectivity index (χ1v) is 10.7. The first-order valence-electron chi connectivity index (χ1n) is 10.4. The molecule has 2 aliphatic heterocycles. The molecule has 1 aromatic carbocycles. The normalized spacial score (nSPS) is 21.3. The van der Waals surface area contributed by atoms with Crippen molar-refractivity contribution in [3.05, 3.63) is 52.1 Å². The summed E-state index contributed by atoms with van der Waals surface area (Å²) in [5.41, 5.74) is 8.48. The standard InChI is InChI=1S/C23H27ClFN3O2/c1-23(2)7-5-14(13-30-23)11-28-8-6-17-18(16-4-3-15(24)9-19(16)25)10-20(22(26)29)27-21(17)12-28/h3-4,9-10,14H,5-8,11-13H2,1-2H3,(H2,26,29)/t14-/m1/s1. The number of primary amides is 1. The van der Waals surface area contributed by atoms with E-state index in [0.29, 0.717) is 28.6 Å². The van der Waals surface area contributed by atoms with Crippen molar-refractivity contribution in [3.8, 4) is 11.1 Å². The molecule has 2 N–H and O–H groups in total. The molecule has 0 unspecified atom stereocenters. The maximum Gasteiger partial charge on any atom is 0.267 e. The van der Waals surface area contributed by atoms with Crippen molar-refractivity contribution in [2.24, 2.45) is 11.7 Å². The van der Waals surface area contributed by atoms with Crippen LogP contribution in [0.15, 0.2) is 24.3 Å². The quantitative estimate of drug-likeness (QED) is 0.787. The molecule has 0 aliphatic carbocycles. The maximum absolute atomic E-state index is 14.6. The molecule has 0 bridgehead atoms. The molecule has 0 radical (unpaired) electrons. The fraction of sp³-hybridized carbons (Fsp3) is 0.478. The molecule has 2 aromatic rings. The van der Waals surface area contributed by atoms with Gasteiger partial charge in [-0.1, -0.05) is 11.6 Å². The molecule has 7 heteroatoms. The lowest BCUT2D eigenvalue weighted by molar-refractivity contribution is -0.0821. The van der Waals surface area contributed by atoms with Crippen LogP contribution in [-0.4, -0.2) is 41.1 Å². The lowest BCUT2D eigenvalue weighted by Crippen LogP contribution is -2.41. The second kappa shape index (κ2) is 8.25. The minimum absolute atomic E-state index is 0.0412. The molecule has 1 amide bonds. The first kappa shape index (κ1) is 21.2. The summed E-state index contributed by atoms with van der Waals surface area (Å²) in [5, 5.41) is 0.332. The van der Waals surface area contributed by atoms with Gasteiger partial charge in [0.2, 0.25) is 0 Å². The van der Waals surface area contributed by atoms with Crippen molar-refractivity contribution in [1.29, 1.82) is 0 Å². The minimum Gasteiger partial charge on any atom is -0.375 e. The smallest absolute Gasteiger partial charge is 0.267 e. The van der Waals surface area contributed by atoms with Gasteiger partial charge in [-0.2, -0.15) is 0 Å². The molecule has 4 rings (SSSR count). The van der Waals surface area contributed by atoms with Crippen LogP contribution in [0.25, 0.3) is 11.1 Å². The molecule has 0 saturated carbocycles. The Bertz CT molecular complexity index is 969. The minimum atomic E-state index is -0.617. The predicted molar refractivity (Wildman–Crippen MR) is 115 cm³/mol. The summed E-state index contributed by atoms with van der Waals surface area (Å²) < 4.78 is 20.6. The van der Waals surface area contributed by atoms with Crippen LogP contribution in [0.4, 0.5) is 4.39 Å². The molecule has 1 aromatic heterocycles. The van der Waals surface area contributed by atoms with Crippen LogP contribution >= 0.6 is 11.6 Å². The molecule has 1 saturated heterocycles. The van der Waals surface area contributed by atoms with E-state index >= 15 is 0 Å². The molecule has 0 spiro atoms. The van der Waals surface area contributed by atoms with Crippen molar-refractivity contribution in [2.45, 2.75) is 45.3 Å². The van der Waals surface area contributed by atoms with Crippen LogP contribution in [0.5, 0.6) is 0 Å². The van der Waals surface area contributed by atoms with E-state index in [4.69, 9.17) is 22.1 Å². The molecule has 2 aliphatic rings. The number of carbonyl (C=O) groups is 1. The predicted octanol–water partition coefficient (Wildman–Crippen LogP) is 4.20. The Morgan fingerprint density at radius 3 is 2.83 bits per heavy atom. The number of aromatic nitrogens is 1. The number of pyridine rings is 1. The van der Waals surface area contributed by atoms with Crippen LogP contribution in [-0.2, 0) is 17.7 Å². The average Bonchev–Trinajstić information content (AvgIpc) is 2.69. The van der Waals surface area contributed by atoms with E-state index in [1.165, 1.54) is 6.07 Å². The van der Waals surface area contributed by atoms with Crippen molar-refractivity contribution >= 4 is 17.5 Å². The zero-order valence-electron chi connectivity index (χ0n) is 17.4. The van der Waals surface area contributed by atoms with Crippen LogP contribution in [0.3, 0.4) is 0 Å². The zero-order valence-corrected chi connectivity index (χ0v) is 18.1. The van der Waals surface area contributed by atoms with Gasteiger partial charge in [-0.25, -0.2) is 9.37 Å². The number of hydrogen-bond donors (Lipinski definition) is 1. The largest absolute Gasteiger partial charge is 0.375 e. The second-order valence-electron chi connectivity index (χ2n) is 8.93. The number of fused-ring (bicyclic) bond motifs is 1. The molecule has 1 fully saturated rings. The summed E-state index contributed by atoms with van der Waals surface area (Å²) in [5.74, 6) is -0.559. The van der Waals surface area contributed by atoms with Crippen molar-refractivity contribution in [2.75, 3.05) is 19.7 Å². The SMILES string of the molecule is CC1(C)CC[C@H](CN2CCc3c(-c4ccc(Cl)cc4F)cc(C(N)=O)nc3C2)CO1. The second-order valence-corrected chi connectivity index (χ2v) is 9.37. The number of amides is 1. The van der Waals surface area contributed by atoms with E-state index in [9.17, 15) is 9.18 Å². The highest BCUT2D eigenvalue weighted by Crippen LogP contribution is 2.34. The van der Waals surface area contributed by atoms with Gasteiger partial charge in [-0.3, -0.25) is 9.69 Å². The summed E-state index contributed by atoms with van der Waals surface area (Å²) in [6, 6.07) is 6.18. The van der Waals surface area contributed by atoms with Gasteiger partial charge in [-0.05, 0) is 74.4 Å². The van der Waals surface area contributed by atoms with E-state index in [0.717, 1.165) is 50.2 Å². The Morgan fingerprint density at radius 1 is 1.37 bits per heavy atom. The number of rotatable bonds is 4. The summed E-state index contributed by atoms with van der Waals surface area (Å²) >= 11 is 5.92. The van der Waals surface area contributed by atoms with E-state index < -0.39 is 11.7 Å². The van der Waals surface area contributed by atoms with Crippen molar-refractivity contribution in [1.82, 2.24) is 9.88 Å². The Hall–Kier alpha value is -2.02. The van der Waals surface area contributed by atoms with Gasteiger partial charge in [0.25, 0.3) is 5.91 Å². The highest BCUT2D eigenvalue weighted by molar-refractivity contribution is 6.30. The van der Waals surface area contributed by atoms with Gasteiger partial charge < -0.3 is 10.5 Å². The van der Waals surface area contributed by atoms with Crippen LogP contribution in [0.1, 0.15) is 48.4 Å². The Morgan fingerprint density at radius 2 is 2.17 bits per heavy atom. The number of ether oxygens (including phenoxy) is 1. The third-order valence-electron chi connectivity index (χ3n) is 6.12. The van der Waals surface area contributed by atoms with Gasteiger partial charge >= 0.3 is 0 Å². The molecule has 160 valence electrons. The molecular formula is C23H27ClFN3O2. The summed E-state index contributed by atoms with van der Waals surface area (Å²) in [6.07, 6.45) is 2.91. The van der Waals surface area contributed by atoms with Gasteiger partial charge in [0, 0.05) is 30.2 Å². The lowest BCUT2D eigenvalue weighted by Gasteiger charge is -2.38. The fourth-order valence-corrected chi connectivity index (χ4v) is 4.54. The van der Waals surface area contributed by atoms with Crippen LogP contribution in [0, 0.1) is 11.7 Å². The van der Waals surface area contributed by atoms with Crippen LogP contribution < -0.4 is 5.73 Å². The highest BCUT2D eigenvalue weighted by atomic mass is 35.5. The number of benzene rings is 1. The van der Waals surface area contributed by atoms with Crippen molar-refractivity contribution < 1.29 is 13.9 Å². The Balaban J connectivity index is 1.61. The van der Waals surface area contributed by atoms with Crippen molar-refractivity contribution in [3.63, 3.8) is 0 Å². The molecular weight excluding hydrogens is 405 g/mol. The van der Waals surface area contributed by atoms with Gasteiger partial charge in [-0.15, -0.1) is 0 Å². The number of nitrogens with zero attached hydrogens (tertiary/aromatic N) is 2. The number of hydrogen-bond acceptors (Lipinski definition) is 4. The van der Waals surface area contributed by atoms with Crippen LogP contribution in [0.2, 0.25) is 5.02 Å².